The number of hydrogen-bond donors (Lipinski definition) is 0. The predicted octanol–water partition coefficient (Wildman–Crippen LogP) is 2.36. The zero-order valence-corrected chi connectivity index (χ0v) is 10.2. The molecule has 0 heterocycles. The molecule has 0 aromatic heterocycles. The zero-order chi connectivity index (χ0) is 12.0. The van der Waals surface area contributed by atoms with Gasteiger partial charge in [-0.1, -0.05) is 12.1 Å². The second kappa shape index (κ2) is 6.28. The minimum atomic E-state index is 0.181. The smallest absolute Gasteiger partial charge is 0.163 e. The van der Waals surface area contributed by atoms with Gasteiger partial charge >= 0.3 is 0 Å². The summed E-state index contributed by atoms with van der Waals surface area (Å²) in [6.45, 7) is 0.638. The third kappa shape index (κ3) is 3.66. The number of benzene rings is 1. The Hall–Kier alpha value is -1.35. The van der Waals surface area contributed by atoms with Crippen LogP contribution in [0.3, 0.4) is 0 Å². The molecule has 0 unspecified atom stereocenters. The molecule has 0 aliphatic rings. The first-order chi connectivity index (χ1) is 7.65. The number of nitrogens with zero attached hydrogens (tertiary/aromatic N) is 1. The Kier molecular flexibility index (Phi) is 4.99. The third-order valence-corrected chi connectivity index (χ3v) is 2.44. The summed E-state index contributed by atoms with van der Waals surface area (Å²) in [4.78, 5) is 13.8. The van der Waals surface area contributed by atoms with Gasteiger partial charge < -0.3 is 9.64 Å². The van der Waals surface area contributed by atoms with Crippen LogP contribution in [0.2, 0.25) is 0 Å². The fourth-order valence-corrected chi connectivity index (χ4v) is 1.48. The van der Waals surface area contributed by atoms with Gasteiger partial charge in [0.2, 0.25) is 0 Å². The normalized spacial score (nSPS) is 10.2. The molecule has 0 saturated heterocycles. The summed E-state index contributed by atoms with van der Waals surface area (Å²) in [6.07, 6.45) is 1.33. The molecular weight excluding hydrogens is 202 g/mol. The van der Waals surface area contributed by atoms with E-state index in [0.29, 0.717) is 13.0 Å². The molecule has 16 heavy (non-hydrogen) atoms. The maximum atomic E-state index is 11.8. The monoisotopic (exact) mass is 221 g/mol. The number of anilines is 1. The van der Waals surface area contributed by atoms with Gasteiger partial charge in [0.15, 0.2) is 5.78 Å². The van der Waals surface area contributed by atoms with Crippen molar-refractivity contribution >= 4 is 11.5 Å². The lowest BCUT2D eigenvalue weighted by Crippen LogP contribution is -2.10. The van der Waals surface area contributed by atoms with Gasteiger partial charge in [-0.2, -0.15) is 0 Å². The minimum absolute atomic E-state index is 0.181. The zero-order valence-electron chi connectivity index (χ0n) is 10.2. The second-order valence-electron chi connectivity index (χ2n) is 3.96. The largest absolute Gasteiger partial charge is 0.385 e. The van der Waals surface area contributed by atoms with Crippen molar-refractivity contribution in [2.45, 2.75) is 12.8 Å². The highest BCUT2D eigenvalue weighted by Crippen LogP contribution is 2.15. The number of ether oxygens (including phenoxy) is 1. The minimum Gasteiger partial charge on any atom is -0.385 e. The first-order valence-corrected chi connectivity index (χ1v) is 5.44. The third-order valence-electron chi connectivity index (χ3n) is 2.44. The van der Waals surface area contributed by atoms with Crippen molar-refractivity contribution in [3.63, 3.8) is 0 Å². The lowest BCUT2D eigenvalue weighted by molar-refractivity contribution is 0.0963. The van der Waals surface area contributed by atoms with Gasteiger partial charge in [0.25, 0.3) is 0 Å². The van der Waals surface area contributed by atoms with E-state index < -0.39 is 0 Å². The van der Waals surface area contributed by atoms with Crippen molar-refractivity contribution in [1.82, 2.24) is 0 Å². The summed E-state index contributed by atoms with van der Waals surface area (Å²) >= 11 is 0. The van der Waals surface area contributed by atoms with E-state index in [1.54, 1.807) is 7.11 Å². The molecular formula is C13H19NO2. The fourth-order valence-electron chi connectivity index (χ4n) is 1.48. The van der Waals surface area contributed by atoms with Crippen molar-refractivity contribution < 1.29 is 9.53 Å². The summed E-state index contributed by atoms with van der Waals surface area (Å²) in [5.74, 6) is 0.181. The first-order valence-electron chi connectivity index (χ1n) is 5.44. The summed E-state index contributed by atoms with van der Waals surface area (Å²) in [5, 5.41) is 0. The van der Waals surface area contributed by atoms with Crippen molar-refractivity contribution in [1.29, 1.82) is 0 Å². The molecule has 0 atom stereocenters. The molecule has 0 radical (unpaired) electrons. The number of rotatable bonds is 6. The van der Waals surface area contributed by atoms with Gasteiger partial charge in [0, 0.05) is 45.5 Å². The van der Waals surface area contributed by atoms with E-state index in [1.807, 2.05) is 43.3 Å². The Morgan fingerprint density at radius 3 is 2.75 bits per heavy atom. The van der Waals surface area contributed by atoms with E-state index in [-0.39, 0.29) is 5.78 Å². The van der Waals surface area contributed by atoms with Crippen LogP contribution >= 0.6 is 0 Å². The van der Waals surface area contributed by atoms with Gasteiger partial charge in [-0.05, 0) is 18.6 Å². The van der Waals surface area contributed by atoms with Crippen LogP contribution in [0.5, 0.6) is 0 Å². The maximum absolute atomic E-state index is 11.8. The van der Waals surface area contributed by atoms with E-state index in [4.69, 9.17) is 4.74 Å². The standard InChI is InChI=1S/C13H19NO2/c1-14(2)12-7-4-6-11(10-12)13(15)8-5-9-16-3/h4,6-7,10H,5,8-9H2,1-3H3. The van der Waals surface area contributed by atoms with E-state index >= 15 is 0 Å². The summed E-state index contributed by atoms with van der Waals surface area (Å²) in [5.41, 5.74) is 1.83. The maximum Gasteiger partial charge on any atom is 0.163 e. The molecule has 0 aliphatic carbocycles. The number of hydrogen-bond acceptors (Lipinski definition) is 3. The topological polar surface area (TPSA) is 29.5 Å². The molecule has 0 saturated carbocycles. The molecule has 0 fully saturated rings. The first kappa shape index (κ1) is 12.7. The highest BCUT2D eigenvalue weighted by atomic mass is 16.5. The lowest BCUT2D eigenvalue weighted by Gasteiger charge is -2.13. The molecule has 0 aliphatic heterocycles. The van der Waals surface area contributed by atoms with Gasteiger partial charge in [0.05, 0.1) is 0 Å². The molecule has 0 spiro atoms. The molecule has 1 rings (SSSR count). The molecule has 1 aromatic rings. The number of methoxy groups -OCH3 is 1. The van der Waals surface area contributed by atoms with Crippen LogP contribution in [0.15, 0.2) is 24.3 Å². The quantitative estimate of drug-likeness (QED) is 0.545. The molecule has 3 nitrogen and oxygen atoms in total. The average Bonchev–Trinajstić information content (AvgIpc) is 2.29. The Balaban J connectivity index is 2.64. The highest BCUT2D eigenvalue weighted by molar-refractivity contribution is 5.96. The van der Waals surface area contributed by atoms with E-state index in [1.165, 1.54) is 0 Å². The Labute approximate surface area is 97.0 Å². The predicted molar refractivity (Wildman–Crippen MR) is 66.2 cm³/mol. The Bertz CT molecular complexity index is 348. The summed E-state index contributed by atoms with van der Waals surface area (Å²) < 4.78 is 4.93. The van der Waals surface area contributed by atoms with Crippen LogP contribution in [0.1, 0.15) is 23.2 Å². The van der Waals surface area contributed by atoms with Crippen molar-refractivity contribution in [3.05, 3.63) is 29.8 Å². The fraction of sp³-hybridized carbons (Fsp3) is 0.462. The Morgan fingerprint density at radius 1 is 1.38 bits per heavy atom. The average molecular weight is 221 g/mol. The van der Waals surface area contributed by atoms with Crippen molar-refractivity contribution in [2.24, 2.45) is 0 Å². The van der Waals surface area contributed by atoms with Gasteiger partial charge in [0.1, 0.15) is 0 Å². The van der Waals surface area contributed by atoms with E-state index in [0.717, 1.165) is 17.7 Å². The van der Waals surface area contributed by atoms with E-state index in [9.17, 15) is 4.79 Å². The van der Waals surface area contributed by atoms with Gasteiger partial charge in [-0.25, -0.2) is 0 Å². The molecule has 88 valence electrons. The SMILES string of the molecule is COCCCC(=O)c1cccc(N(C)C)c1. The van der Waals surface area contributed by atoms with Crippen molar-refractivity contribution in [3.8, 4) is 0 Å². The van der Waals surface area contributed by atoms with Gasteiger partial charge in [-0.3, -0.25) is 4.79 Å². The van der Waals surface area contributed by atoms with Crippen LogP contribution in [0.25, 0.3) is 0 Å². The molecule has 0 amide bonds. The molecule has 0 N–H and O–H groups in total. The van der Waals surface area contributed by atoms with Crippen LogP contribution in [0.4, 0.5) is 5.69 Å². The Morgan fingerprint density at radius 2 is 2.12 bits per heavy atom. The number of ketones is 1. The molecule has 3 heteroatoms. The van der Waals surface area contributed by atoms with Crippen LogP contribution in [-0.2, 0) is 4.74 Å². The van der Waals surface area contributed by atoms with Crippen LogP contribution in [0, 0.1) is 0 Å². The van der Waals surface area contributed by atoms with Crippen molar-refractivity contribution in [2.75, 3.05) is 32.7 Å². The summed E-state index contributed by atoms with van der Waals surface area (Å²) in [7, 11) is 5.58. The number of carbonyl (C=O) groups is 1. The number of Topliss-reactive ketones (excluding diaryl/α,β-unsaturated/α-hetero) is 1. The second-order valence-corrected chi connectivity index (χ2v) is 3.96. The summed E-state index contributed by atoms with van der Waals surface area (Å²) in [6, 6.07) is 7.70. The highest BCUT2D eigenvalue weighted by Gasteiger charge is 2.06. The lowest BCUT2D eigenvalue weighted by atomic mass is 10.1. The van der Waals surface area contributed by atoms with E-state index in [2.05, 4.69) is 0 Å². The number of carbonyl (C=O) groups excluding carboxylic acids is 1. The molecule has 1 aromatic carbocycles. The van der Waals surface area contributed by atoms with Gasteiger partial charge in [-0.15, -0.1) is 0 Å². The van der Waals surface area contributed by atoms with Crippen LogP contribution < -0.4 is 4.90 Å². The molecule has 0 bridgehead atoms. The van der Waals surface area contributed by atoms with Crippen LogP contribution in [-0.4, -0.2) is 33.6 Å².